The third kappa shape index (κ3) is 1.74. The third-order valence-corrected chi connectivity index (χ3v) is 3.81. The molecular formula is C15H14N2O3. The molecule has 0 bridgehead atoms. The number of carboxylic acid groups (broad SMARTS) is 1. The monoisotopic (exact) mass is 270 g/mol. The maximum Gasteiger partial charge on any atom is 0.342 e. The van der Waals surface area contributed by atoms with Crippen LogP contribution in [-0.4, -0.2) is 20.6 Å². The summed E-state index contributed by atoms with van der Waals surface area (Å²) >= 11 is 0. The summed E-state index contributed by atoms with van der Waals surface area (Å²) in [7, 11) is 0. The number of hydrogen-bond acceptors (Lipinski definition) is 3. The van der Waals surface area contributed by atoms with Crippen LogP contribution in [-0.2, 0) is 6.54 Å². The summed E-state index contributed by atoms with van der Waals surface area (Å²) in [6.45, 7) is 2.54. The van der Waals surface area contributed by atoms with E-state index >= 15 is 0 Å². The predicted molar refractivity (Wildman–Crippen MR) is 73.9 cm³/mol. The normalized spacial score (nSPS) is 16.4. The van der Waals surface area contributed by atoms with Crippen molar-refractivity contribution in [3.05, 3.63) is 51.9 Å². The average Bonchev–Trinajstić information content (AvgIpc) is 2.46. The Hall–Kier alpha value is -2.43. The van der Waals surface area contributed by atoms with Crippen molar-refractivity contribution in [1.29, 1.82) is 0 Å². The highest BCUT2D eigenvalue weighted by atomic mass is 16.4. The Morgan fingerprint density at radius 2 is 2.20 bits per heavy atom. The summed E-state index contributed by atoms with van der Waals surface area (Å²) in [5, 5.41) is 9.03. The molecule has 102 valence electrons. The van der Waals surface area contributed by atoms with E-state index in [1.165, 1.54) is 10.1 Å². The standard InChI is InChI=1S/C15H14N2O3/c1-2-9-8-17-13(11-6-4-3-5-10(9)11)16-7-12(14(17)18)15(19)20/h3-7,9H,2,8H2,1H3,(H,19,20). The van der Waals surface area contributed by atoms with E-state index in [-0.39, 0.29) is 11.5 Å². The van der Waals surface area contributed by atoms with Gasteiger partial charge in [-0.25, -0.2) is 9.78 Å². The van der Waals surface area contributed by atoms with Crippen LogP contribution in [0.15, 0.2) is 35.3 Å². The van der Waals surface area contributed by atoms with Crippen molar-refractivity contribution in [2.24, 2.45) is 0 Å². The van der Waals surface area contributed by atoms with Gasteiger partial charge in [-0.3, -0.25) is 9.36 Å². The van der Waals surface area contributed by atoms with Gasteiger partial charge < -0.3 is 5.11 Å². The molecule has 0 aliphatic carbocycles. The van der Waals surface area contributed by atoms with E-state index in [2.05, 4.69) is 11.9 Å². The molecule has 1 aliphatic heterocycles. The number of carbonyl (C=O) groups is 1. The summed E-state index contributed by atoms with van der Waals surface area (Å²) in [5.74, 6) is -0.466. The Kier molecular flexibility index (Phi) is 2.89. The molecule has 1 atom stereocenters. The Labute approximate surface area is 115 Å². The molecule has 3 rings (SSSR count). The van der Waals surface area contributed by atoms with Crippen molar-refractivity contribution in [2.45, 2.75) is 25.8 Å². The van der Waals surface area contributed by atoms with Crippen molar-refractivity contribution in [2.75, 3.05) is 0 Å². The lowest BCUT2D eigenvalue weighted by molar-refractivity contribution is 0.0693. The van der Waals surface area contributed by atoms with Gasteiger partial charge in [0.1, 0.15) is 11.4 Å². The van der Waals surface area contributed by atoms with Crippen LogP contribution in [0.25, 0.3) is 11.4 Å². The van der Waals surface area contributed by atoms with E-state index in [1.54, 1.807) is 0 Å². The Balaban J connectivity index is 2.29. The lowest BCUT2D eigenvalue weighted by atomic mass is 9.88. The van der Waals surface area contributed by atoms with Gasteiger partial charge in [0, 0.05) is 24.2 Å². The number of carboxylic acids is 1. The number of rotatable bonds is 2. The second-order valence-corrected chi connectivity index (χ2v) is 4.91. The van der Waals surface area contributed by atoms with Gasteiger partial charge in [0.05, 0.1) is 0 Å². The molecule has 5 heteroatoms. The zero-order valence-corrected chi connectivity index (χ0v) is 11.0. The van der Waals surface area contributed by atoms with Crippen molar-refractivity contribution in [3.8, 4) is 11.4 Å². The minimum Gasteiger partial charge on any atom is -0.477 e. The molecule has 5 nitrogen and oxygen atoms in total. The number of fused-ring (bicyclic) bond motifs is 3. The average molecular weight is 270 g/mol. The maximum absolute atomic E-state index is 12.3. The Morgan fingerprint density at radius 3 is 2.90 bits per heavy atom. The molecular weight excluding hydrogens is 256 g/mol. The first-order valence-electron chi connectivity index (χ1n) is 6.56. The van der Waals surface area contributed by atoms with Crippen LogP contribution in [0.2, 0.25) is 0 Å². The van der Waals surface area contributed by atoms with Crippen LogP contribution in [0.5, 0.6) is 0 Å². The Bertz CT molecular complexity index is 749. The second-order valence-electron chi connectivity index (χ2n) is 4.91. The van der Waals surface area contributed by atoms with E-state index in [0.29, 0.717) is 12.4 Å². The van der Waals surface area contributed by atoms with Gasteiger partial charge in [-0.05, 0) is 12.0 Å². The van der Waals surface area contributed by atoms with Crippen LogP contribution in [0.3, 0.4) is 0 Å². The lowest BCUT2D eigenvalue weighted by Crippen LogP contribution is -2.33. The van der Waals surface area contributed by atoms with E-state index in [4.69, 9.17) is 5.11 Å². The van der Waals surface area contributed by atoms with E-state index < -0.39 is 11.5 Å². The van der Waals surface area contributed by atoms with E-state index in [9.17, 15) is 9.59 Å². The third-order valence-electron chi connectivity index (χ3n) is 3.81. The second kappa shape index (κ2) is 4.59. The summed E-state index contributed by atoms with van der Waals surface area (Å²) < 4.78 is 1.49. The van der Waals surface area contributed by atoms with Crippen molar-refractivity contribution in [1.82, 2.24) is 9.55 Å². The fraction of sp³-hybridized carbons (Fsp3) is 0.267. The van der Waals surface area contributed by atoms with Gasteiger partial charge in [0.25, 0.3) is 5.56 Å². The minimum absolute atomic E-state index is 0.210. The molecule has 1 unspecified atom stereocenters. The Morgan fingerprint density at radius 1 is 1.45 bits per heavy atom. The van der Waals surface area contributed by atoms with Crippen LogP contribution in [0, 0.1) is 0 Å². The highest BCUT2D eigenvalue weighted by Gasteiger charge is 2.26. The zero-order chi connectivity index (χ0) is 14.3. The van der Waals surface area contributed by atoms with Crippen LogP contribution >= 0.6 is 0 Å². The zero-order valence-electron chi connectivity index (χ0n) is 11.0. The molecule has 0 amide bonds. The summed E-state index contributed by atoms with van der Waals surface area (Å²) in [6.07, 6.45) is 2.04. The highest BCUT2D eigenvalue weighted by Crippen LogP contribution is 2.35. The molecule has 0 fully saturated rings. The quantitative estimate of drug-likeness (QED) is 0.907. The molecule has 1 aromatic carbocycles. The topological polar surface area (TPSA) is 72.2 Å². The number of aromatic carboxylic acids is 1. The van der Waals surface area contributed by atoms with Crippen molar-refractivity contribution >= 4 is 5.97 Å². The molecule has 0 saturated carbocycles. The molecule has 20 heavy (non-hydrogen) atoms. The molecule has 1 aromatic heterocycles. The van der Waals surface area contributed by atoms with Crippen molar-refractivity contribution < 1.29 is 9.90 Å². The maximum atomic E-state index is 12.3. The number of hydrogen-bond donors (Lipinski definition) is 1. The fourth-order valence-corrected chi connectivity index (χ4v) is 2.75. The predicted octanol–water partition coefficient (Wildman–Crippen LogP) is 2.12. The molecule has 0 spiro atoms. The highest BCUT2D eigenvalue weighted by molar-refractivity contribution is 5.87. The smallest absolute Gasteiger partial charge is 0.342 e. The number of aromatic nitrogens is 2. The van der Waals surface area contributed by atoms with Crippen molar-refractivity contribution in [3.63, 3.8) is 0 Å². The minimum atomic E-state index is -1.23. The van der Waals surface area contributed by atoms with Gasteiger partial charge >= 0.3 is 5.97 Å². The van der Waals surface area contributed by atoms with Crippen LogP contribution in [0.4, 0.5) is 0 Å². The lowest BCUT2D eigenvalue weighted by Gasteiger charge is -2.27. The van der Waals surface area contributed by atoms with Gasteiger partial charge in [-0.2, -0.15) is 0 Å². The molecule has 0 saturated heterocycles. The molecule has 1 aliphatic rings. The molecule has 0 radical (unpaired) electrons. The van der Waals surface area contributed by atoms with Crippen LogP contribution in [0.1, 0.15) is 35.2 Å². The summed E-state index contributed by atoms with van der Waals surface area (Å²) in [4.78, 5) is 27.5. The van der Waals surface area contributed by atoms with Crippen LogP contribution < -0.4 is 5.56 Å². The first-order valence-corrected chi connectivity index (χ1v) is 6.56. The van der Waals surface area contributed by atoms with Gasteiger partial charge in [0.2, 0.25) is 0 Å². The molecule has 2 aromatic rings. The molecule has 1 N–H and O–H groups in total. The van der Waals surface area contributed by atoms with E-state index in [0.717, 1.165) is 18.2 Å². The van der Waals surface area contributed by atoms with E-state index in [1.807, 2.05) is 24.3 Å². The molecule has 2 heterocycles. The fourth-order valence-electron chi connectivity index (χ4n) is 2.75. The first kappa shape index (κ1) is 12.6. The SMILES string of the molecule is CCC1Cn2c(ncc(C(=O)O)c2=O)-c2ccccc21. The summed E-state index contributed by atoms with van der Waals surface area (Å²) in [5.41, 5.74) is 1.34. The number of nitrogens with zero attached hydrogens (tertiary/aromatic N) is 2. The summed E-state index contributed by atoms with van der Waals surface area (Å²) in [6, 6.07) is 7.85. The van der Waals surface area contributed by atoms with Gasteiger partial charge in [-0.1, -0.05) is 31.2 Å². The van der Waals surface area contributed by atoms with Gasteiger partial charge in [0.15, 0.2) is 0 Å². The first-order chi connectivity index (χ1) is 9.63. The van der Waals surface area contributed by atoms with Gasteiger partial charge in [-0.15, -0.1) is 0 Å². The largest absolute Gasteiger partial charge is 0.477 e. The number of benzene rings is 1.